The number of aryl methyl sites for hydroxylation is 2. The average Bonchev–Trinajstić information content (AvgIpc) is 3.07. The first-order valence-electron chi connectivity index (χ1n) is 7.10. The van der Waals surface area contributed by atoms with Crippen LogP contribution >= 0.6 is 11.3 Å². The van der Waals surface area contributed by atoms with Crippen LogP contribution in [-0.4, -0.2) is 20.7 Å². The standard InChI is InChI=1S/C14H12N4O5S/c1-7-9(5-8(17(20)21)6-11(7)18(22)23)13(19)16-14-15-10-3-2-4-12(10)24-14/h5-6H,2-4H2,1H3,(H,15,16,19). The molecule has 0 unspecified atom stereocenters. The van der Waals surface area contributed by atoms with Crippen LogP contribution in [-0.2, 0) is 12.8 Å². The highest BCUT2D eigenvalue weighted by Crippen LogP contribution is 2.32. The molecule has 0 bridgehead atoms. The summed E-state index contributed by atoms with van der Waals surface area (Å²) in [6, 6.07) is 1.89. The minimum atomic E-state index is -0.763. The van der Waals surface area contributed by atoms with Crippen LogP contribution in [0.15, 0.2) is 12.1 Å². The number of fused-ring (bicyclic) bond motifs is 1. The van der Waals surface area contributed by atoms with Crippen LogP contribution in [0.2, 0.25) is 0 Å². The number of nitro groups is 2. The molecule has 0 radical (unpaired) electrons. The van der Waals surface area contributed by atoms with Crippen molar-refractivity contribution < 1.29 is 14.6 Å². The number of nitrogens with zero attached hydrogens (tertiary/aromatic N) is 3. The topological polar surface area (TPSA) is 128 Å². The van der Waals surface area contributed by atoms with E-state index in [1.54, 1.807) is 0 Å². The van der Waals surface area contributed by atoms with Crippen LogP contribution in [0, 0.1) is 27.2 Å². The lowest BCUT2D eigenvalue weighted by Gasteiger charge is -2.06. The summed E-state index contributed by atoms with van der Waals surface area (Å²) in [4.78, 5) is 38.4. The maximum absolute atomic E-state index is 12.4. The molecule has 1 heterocycles. The van der Waals surface area contributed by atoms with Crippen LogP contribution in [0.4, 0.5) is 16.5 Å². The zero-order valence-corrected chi connectivity index (χ0v) is 13.4. The Morgan fingerprint density at radius 1 is 1.25 bits per heavy atom. The Kier molecular flexibility index (Phi) is 3.97. The van der Waals surface area contributed by atoms with Gasteiger partial charge < -0.3 is 0 Å². The smallest absolute Gasteiger partial charge is 0.279 e. The lowest BCUT2D eigenvalue weighted by molar-refractivity contribution is -0.394. The van der Waals surface area contributed by atoms with E-state index in [1.165, 1.54) is 18.3 Å². The number of aromatic nitrogens is 1. The highest BCUT2D eigenvalue weighted by atomic mass is 32.1. The fourth-order valence-corrected chi connectivity index (χ4v) is 3.67. The Labute approximate surface area is 139 Å². The van der Waals surface area contributed by atoms with Gasteiger partial charge in [-0.2, -0.15) is 0 Å². The molecule has 0 fully saturated rings. The Bertz CT molecular complexity index is 855. The molecule has 10 heteroatoms. The van der Waals surface area contributed by atoms with Crippen molar-refractivity contribution in [2.24, 2.45) is 0 Å². The van der Waals surface area contributed by atoms with Crippen molar-refractivity contribution in [3.8, 4) is 0 Å². The van der Waals surface area contributed by atoms with Gasteiger partial charge in [-0.1, -0.05) is 0 Å². The lowest BCUT2D eigenvalue weighted by Crippen LogP contribution is -2.14. The molecule has 9 nitrogen and oxygen atoms in total. The zero-order valence-electron chi connectivity index (χ0n) is 12.6. The molecule has 1 aromatic heterocycles. The summed E-state index contributed by atoms with van der Waals surface area (Å²) in [7, 11) is 0. The Balaban J connectivity index is 1.95. The number of benzene rings is 1. The summed E-state index contributed by atoms with van der Waals surface area (Å²) in [5.41, 5.74) is -0.0365. The first kappa shape index (κ1) is 16.0. The number of rotatable bonds is 4. The molecule has 1 aromatic carbocycles. The van der Waals surface area contributed by atoms with E-state index in [4.69, 9.17) is 0 Å². The van der Waals surface area contributed by atoms with E-state index < -0.39 is 27.1 Å². The predicted molar refractivity (Wildman–Crippen MR) is 86.6 cm³/mol. The molecule has 1 aliphatic carbocycles. The Hall–Kier alpha value is -2.88. The fraction of sp³-hybridized carbons (Fsp3) is 0.286. The summed E-state index contributed by atoms with van der Waals surface area (Å²) in [6.45, 7) is 1.39. The van der Waals surface area contributed by atoms with E-state index >= 15 is 0 Å². The van der Waals surface area contributed by atoms with Crippen LogP contribution in [0.3, 0.4) is 0 Å². The molecular weight excluding hydrogens is 336 g/mol. The van der Waals surface area contributed by atoms with Crippen molar-refractivity contribution in [3.63, 3.8) is 0 Å². The number of nitro benzene ring substituents is 2. The van der Waals surface area contributed by atoms with Crippen LogP contribution in [0.1, 0.15) is 32.9 Å². The number of hydrogen-bond acceptors (Lipinski definition) is 7. The van der Waals surface area contributed by atoms with E-state index in [0.29, 0.717) is 5.13 Å². The first-order chi connectivity index (χ1) is 11.4. The van der Waals surface area contributed by atoms with Gasteiger partial charge in [0.2, 0.25) is 0 Å². The van der Waals surface area contributed by atoms with Crippen LogP contribution in [0.5, 0.6) is 0 Å². The number of hydrogen-bond donors (Lipinski definition) is 1. The molecule has 0 atom stereocenters. The van der Waals surface area contributed by atoms with Crippen LogP contribution in [0.25, 0.3) is 0 Å². The molecule has 0 spiro atoms. The highest BCUT2D eigenvalue weighted by Gasteiger charge is 2.26. The normalized spacial score (nSPS) is 12.7. The highest BCUT2D eigenvalue weighted by molar-refractivity contribution is 7.16. The monoisotopic (exact) mass is 348 g/mol. The fourth-order valence-electron chi connectivity index (χ4n) is 2.62. The van der Waals surface area contributed by atoms with Gasteiger partial charge in [-0.25, -0.2) is 4.98 Å². The lowest BCUT2D eigenvalue weighted by atomic mass is 10.0. The van der Waals surface area contributed by atoms with Crippen molar-refractivity contribution in [2.75, 3.05) is 5.32 Å². The molecule has 24 heavy (non-hydrogen) atoms. The third-order valence-electron chi connectivity index (χ3n) is 3.83. The number of thiazole rings is 1. The summed E-state index contributed by atoms with van der Waals surface area (Å²) < 4.78 is 0. The van der Waals surface area contributed by atoms with Gasteiger partial charge in [-0.15, -0.1) is 11.3 Å². The number of non-ortho nitro benzene ring substituents is 1. The number of carbonyl (C=O) groups excluding carboxylic acids is 1. The maximum atomic E-state index is 12.4. The quantitative estimate of drug-likeness (QED) is 0.668. The van der Waals surface area contributed by atoms with Crippen molar-refractivity contribution >= 4 is 33.8 Å². The SMILES string of the molecule is Cc1c(C(=O)Nc2nc3c(s2)CCC3)cc([N+](=O)[O-])cc1[N+](=O)[O-]. The van der Waals surface area contributed by atoms with Gasteiger partial charge in [-0.3, -0.25) is 30.3 Å². The molecule has 2 aromatic rings. The third kappa shape index (κ3) is 2.83. The Morgan fingerprint density at radius 3 is 2.62 bits per heavy atom. The van der Waals surface area contributed by atoms with E-state index in [-0.39, 0.29) is 11.1 Å². The molecule has 0 saturated carbocycles. The average molecular weight is 348 g/mol. The Morgan fingerprint density at radius 2 is 2.00 bits per heavy atom. The van der Waals surface area contributed by atoms with E-state index in [1.807, 2.05) is 0 Å². The molecular formula is C14H12N4O5S. The molecule has 3 rings (SSSR count). The minimum absolute atomic E-state index is 0.0761. The molecule has 124 valence electrons. The number of anilines is 1. The molecule has 0 saturated heterocycles. The van der Waals surface area contributed by atoms with Gasteiger partial charge in [0, 0.05) is 16.5 Å². The maximum Gasteiger partial charge on any atom is 0.279 e. The van der Waals surface area contributed by atoms with Crippen LogP contribution < -0.4 is 5.32 Å². The second kappa shape index (κ2) is 5.96. The van der Waals surface area contributed by atoms with Gasteiger partial charge in [0.1, 0.15) is 0 Å². The summed E-state index contributed by atoms with van der Waals surface area (Å²) in [5, 5.41) is 25.0. The van der Waals surface area contributed by atoms with Gasteiger partial charge >= 0.3 is 0 Å². The number of amides is 1. The van der Waals surface area contributed by atoms with E-state index in [2.05, 4.69) is 10.3 Å². The van der Waals surface area contributed by atoms with Gasteiger partial charge in [0.25, 0.3) is 17.3 Å². The second-order valence-electron chi connectivity index (χ2n) is 5.35. The zero-order chi connectivity index (χ0) is 17.4. The predicted octanol–water partition coefficient (Wildman–Crippen LogP) is 3.01. The first-order valence-corrected chi connectivity index (χ1v) is 7.92. The van der Waals surface area contributed by atoms with E-state index in [9.17, 15) is 25.0 Å². The summed E-state index contributed by atoms with van der Waals surface area (Å²) >= 11 is 1.36. The van der Waals surface area contributed by atoms with Crippen molar-refractivity contribution in [3.05, 3.63) is 54.1 Å². The van der Waals surface area contributed by atoms with Crippen molar-refractivity contribution in [2.45, 2.75) is 26.2 Å². The molecule has 0 aliphatic heterocycles. The van der Waals surface area contributed by atoms with Crippen molar-refractivity contribution in [1.29, 1.82) is 0 Å². The molecule has 1 amide bonds. The van der Waals surface area contributed by atoms with Crippen molar-refractivity contribution in [1.82, 2.24) is 4.98 Å². The number of carbonyl (C=O) groups is 1. The van der Waals surface area contributed by atoms with Gasteiger partial charge in [0.05, 0.1) is 27.2 Å². The molecule has 1 aliphatic rings. The minimum Gasteiger partial charge on any atom is -0.298 e. The largest absolute Gasteiger partial charge is 0.298 e. The summed E-state index contributed by atoms with van der Waals surface area (Å²) in [5.74, 6) is -0.647. The molecule has 1 N–H and O–H groups in total. The summed E-state index contributed by atoms with van der Waals surface area (Å²) in [6.07, 6.45) is 2.83. The van der Waals surface area contributed by atoms with Gasteiger partial charge in [0.15, 0.2) is 5.13 Å². The third-order valence-corrected chi connectivity index (χ3v) is 4.91. The van der Waals surface area contributed by atoms with Gasteiger partial charge in [-0.05, 0) is 26.2 Å². The second-order valence-corrected chi connectivity index (χ2v) is 6.43. The van der Waals surface area contributed by atoms with E-state index in [0.717, 1.165) is 42.0 Å². The number of nitrogens with one attached hydrogen (secondary N) is 1.